The van der Waals surface area contributed by atoms with E-state index >= 15 is 0 Å². The Morgan fingerprint density at radius 3 is 2.19 bits per heavy atom. The fraction of sp³-hybridized carbons (Fsp3) is 0.500. The number of nitro groups is 1. The van der Waals surface area contributed by atoms with Gasteiger partial charge in [-0.15, -0.1) is 0 Å². The molecule has 0 N–H and O–H groups in total. The van der Waals surface area contributed by atoms with E-state index in [9.17, 15) is 10.1 Å². The highest BCUT2D eigenvalue weighted by molar-refractivity contribution is 5.64. The van der Waals surface area contributed by atoms with Gasteiger partial charge in [0.05, 0.1) is 10.5 Å². The maximum atomic E-state index is 11.0. The summed E-state index contributed by atoms with van der Waals surface area (Å²) in [5, 5.41) is 11.0. The third kappa shape index (κ3) is 2.32. The molecular formula is C12H18N2O2. The SMILES string of the molecule is CN(C)c1cccc([N+](=O)[O-])c1C(C)(C)C. The number of nitro benzene ring substituents is 1. The fourth-order valence-electron chi connectivity index (χ4n) is 1.82. The smallest absolute Gasteiger partial charge is 0.275 e. The largest absolute Gasteiger partial charge is 0.377 e. The molecule has 0 unspecified atom stereocenters. The van der Waals surface area contributed by atoms with E-state index < -0.39 is 0 Å². The Morgan fingerprint density at radius 2 is 1.81 bits per heavy atom. The van der Waals surface area contributed by atoms with Crippen molar-refractivity contribution in [1.82, 2.24) is 0 Å². The molecule has 0 heterocycles. The zero-order valence-electron chi connectivity index (χ0n) is 10.4. The minimum absolute atomic E-state index is 0.193. The number of benzene rings is 1. The topological polar surface area (TPSA) is 46.4 Å². The summed E-state index contributed by atoms with van der Waals surface area (Å²) in [6, 6.07) is 5.20. The Balaban J connectivity index is 3.54. The van der Waals surface area contributed by atoms with E-state index in [1.165, 1.54) is 0 Å². The number of rotatable bonds is 2. The van der Waals surface area contributed by atoms with Gasteiger partial charge in [-0.1, -0.05) is 26.8 Å². The molecule has 1 aromatic rings. The molecule has 1 rings (SSSR count). The van der Waals surface area contributed by atoms with E-state index in [1.54, 1.807) is 12.1 Å². The first kappa shape index (κ1) is 12.5. The molecule has 0 saturated carbocycles. The lowest BCUT2D eigenvalue weighted by Gasteiger charge is -2.26. The minimum Gasteiger partial charge on any atom is -0.377 e. The summed E-state index contributed by atoms with van der Waals surface area (Å²) in [4.78, 5) is 12.6. The predicted molar refractivity (Wildman–Crippen MR) is 66.1 cm³/mol. The highest BCUT2D eigenvalue weighted by atomic mass is 16.6. The van der Waals surface area contributed by atoms with Crippen molar-refractivity contribution in [3.63, 3.8) is 0 Å². The summed E-state index contributed by atoms with van der Waals surface area (Å²) in [6.45, 7) is 5.97. The van der Waals surface area contributed by atoms with Gasteiger partial charge in [-0.05, 0) is 11.5 Å². The Bertz CT molecular complexity index is 406. The zero-order valence-corrected chi connectivity index (χ0v) is 10.4. The van der Waals surface area contributed by atoms with Gasteiger partial charge in [0.1, 0.15) is 0 Å². The first-order valence-corrected chi connectivity index (χ1v) is 5.20. The molecule has 0 amide bonds. The van der Waals surface area contributed by atoms with E-state index in [1.807, 2.05) is 45.8 Å². The van der Waals surface area contributed by atoms with Gasteiger partial charge in [0.2, 0.25) is 0 Å². The summed E-state index contributed by atoms with van der Waals surface area (Å²) in [6.07, 6.45) is 0. The van der Waals surface area contributed by atoms with Crippen LogP contribution in [0.25, 0.3) is 0 Å². The van der Waals surface area contributed by atoms with Crippen LogP contribution in [-0.4, -0.2) is 19.0 Å². The fourth-order valence-corrected chi connectivity index (χ4v) is 1.82. The lowest BCUT2D eigenvalue weighted by atomic mass is 9.84. The van der Waals surface area contributed by atoms with Crippen LogP contribution in [0.2, 0.25) is 0 Å². The standard InChI is InChI=1S/C12H18N2O2/c1-12(2,3)11-9(13(4)5)7-6-8-10(11)14(15)16/h6-8H,1-5H3. The third-order valence-electron chi connectivity index (χ3n) is 2.45. The first-order chi connectivity index (χ1) is 7.25. The summed E-state index contributed by atoms with van der Waals surface area (Å²) in [5.74, 6) is 0. The molecule has 4 heteroatoms. The van der Waals surface area contributed by atoms with Crippen LogP contribution in [0.3, 0.4) is 0 Å². The molecule has 4 nitrogen and oxygen atoms in total. The average Bonchev–Trinajstić information content (AvgIpc) is 2.15. The van der Waals surface area contributed by atoms with Crippen molar-refractivity contribution in [1.29, 1.82) is 0 Å². The summed E-state index contributed by atoms with van der Waals surface area (Å²) in [7, 11) is 3.79. The molecule has 0 aliphatic carbocycles. The molecule has 0 aliphatic heterocycles. The molecule has 88 valence electrons. The van der Waals surface area contributed by atoms with Gasteiger partial charge in [0, 0.05) is 25.8 Å². The van der Waals surface area contributed by atoms with Gasteiger partial charge in [-0.3, -0.25) is 10.1 Å². The summed E-state index contributed by atoms with van der Waals surface area (Å²) >= 11 is 0. The number of hydrogen-bond donors (Lipinski definition) is 0. The second kappa shape index (κ2) is 4.12. The lowest BCUT2D eigenvalue weighted by Crippen LogP contribution is -2.20. The summed E-state index contributed by atoms with van der Waals surface area (Å²) < 4.78 is 0. The molecule has 0 aromatic heterocycles. The Labute approximate surface area is 96.0 Å². The van der Waals surface area contributed by atoms with Crippen LogP contribution >= 0.6 is 0 Å². The molecule has 0 atom stereocenters. The molecule has 16 heavy (non-hydrogen) atoms. The van der Waals surface area contributed by atoms with Crippen LogP contribution in [0.1, 0.15) is 26.3 Å². The van der Waals surface area contributed by atoms with Crippen molar-refractivity contribution in [3.05, 3.63) is 33.9 Å². The van der Waals surface area contributed by atoms with Crippen molar-refractivity contribution < 1.29 is 4.92 Å². The Morgan fingerprint density at radius 1 is 1.25 bits per heavy atom. The van der Waals surface area contributed by atoms with Crippen molar-refractivity contribution in [2.45, 2.75) is 26.2 Å². The average molecular weight is 222 g/mol. The van der Waals surface area contributed by atoms with Gasteiger partial charge in [0.25, 0.3) is 5.69 Å². The van der Waals surface area contributed by atoms with E-state index in [0.717, 1.165) is 11.3 Å². The molecule has 0 aliphatic rings. The molecule has 1 aromatic carbocycles. The van der Waals surface area contributed by atoms with Crippen LogP contribution in [0.5, 0.6) is 0 Å². The first-order valence-electron chi connectivity index (χ1n) is 5.20. The Hall–Kier alpha value is -1.58. The molecular weight excluding hydrogens is 204 g/mol. The van der Waals surface area contributed by atoms with Crippen molar-refractivity contribution in [2.24, 2.45) is 0 Å². The van der Waals surface area contributed by atoms with E-state index in [0.29, 0.717) is 0 Å². The van der Waals surface area contributed by atoms with E-state index in [4.69, 9.17) is 0 Å². The van der Waals surface area contributed by atoms with Crippen LogP contribution in [0, 0.1) is 10.1 Å². The monoisotopic (exact) mass is 222 g/mol. The molecule has 0 fully saturated rings. The third-order valence-corrected chi connectivity index (χ3v) is 2.45. The second-order valence-electron chi connectivity index (χ2n) is 5.07. The number of hydrogen-bond acceptors (Lipinski definition) is 3. The van der Waals surface area contributed by atoms with Crippen molar-refractivity contribution in [2.75, 3.05) is 19.0 Å². The molecule has 0 bridgehead atoms. The lowest BCUT2D eigenvalue weighted by molar-refractivity contribution is -0.385. The Kier molecular flexibility index (Phi) is 3.21. The van der Waals surface area contributed by atoms with E-state index in [-0.39, 0.29) is 16.0 Å². The van der Waals surface area contributed by atoms with Gasteiger partial charge in [-0.25, -0.2) is 0 Å². The van der Waals surface area contributed by atoms with Gasteiger partial charge < -0.3 is 4.90 Å². The predicted octanol–water partition coefficient (Wildman–Crippen LogP) is 2.96. The maximum absolute atomic E-state index is 11.0. The normalized spacial score (nSPS) is 11.3. The number of nitrogens with zero attached hydrogens (tertiary/aromatic N) is 2. The molecule has 0 saturated heterocycles. The highest BCUT2D eigenvalue weighted by Crippen LogP contribution is 2.37. The van der Waals surface area contributed by atoms with Gasteiger partial charge in [0.15, 0.2) is 0 Å². The van der Waals surface area contributed by atoms with Crippen molar-refractivity contribution in [3.8, 4) is 0 Å². The quantitative estimate of drug-likeness (QED) is 0.571. The van der Waals surface area contributed by atoms with Crippen LogP contribution in [0.4, 0.5) is 11.4 Å². The number of anilines is 1. The molecule has 0 spiro atoms. The van der Waals surface area contributed by atoms with E-state index in [2.05, 4.69) is 0 Å². The second-order valence-corrected chi connectivity index (χ2v) is 5.07. The highest BCUT2D eigenvalue weighted by Gasteiger charge is 2.28. The maximum Gasteiger partial charge on any atom is 0.275 e. The van der Waals surface area contributed by atoms with Crippen LogP contribution in [0.15, 0.2) is 18.2 Å². The molecule has 0 radical (unpaired) electrons. The van der Waals surface area contributed by atoms with Crippen molar-refractivity contribution >= 4 is 11.4 Å². The van der Waals surface area contributed by atoms with Crippen LogP contribution < -0.4 is 4.90 Å². The minimum atomic E-state index is -0.312. The van der Waals surface area contributed by atoms with Gasteiger partial charge >= 0.3 is 0 Å². The van der Waals surface area contributed by atoms with Crippen LogP contribution in [-0.2, 0) is 5.41 Å². The zero-order chi connectivity index (χ0) is 12.5. The summed E-state index contributed by atoms with van der Waals surface area (Å²) in [5.41, 5.74) is 1.63. The van der Waals surface area contributed by atoms with Gasteiger partial charge in [-0.2, -0.15) is 0 Å².